The third-order valence-corrected chi connectivity index (χ3v) is 3.76. The van der Waals surface area contributed by atoms with Crippen molar-refractivity contribution >= 4 is 35.1 Å². The standard InChI is InChI=1S/C16H15N5O3S/c1-2-11(22)18-13-12(15(24)21-16(20-13)25-9-8-17)19-14(23)10-6-4-3-5-7-10/h3-7H,2,9H2,1H3,(H,19,23)(H2,18,20,21,22,24). The third kappa shape index (κ3) is 4.92. The smallest absolute Gasteiger partial charge is 0.277 e. The minimum Gasteiger partial charge on any atom is -0.314 e. The van der Waals surface area contributed by atoms with Crippen LogP contribution in [0.5, 0.6) is 0 Å². The molecule has 8 nitrogen and oxygen atoms in total. The molecule has 2 aromatic rings. The largest absolute Gasteiger partial charge is 0.314 e. The quantitative estimate of drug-likeness (QED) is 0.536. The molecule has 2 rings (SSSR count). The van der Waals surface area contributed by atoms with E-state index in [2.05, 4.69) is 20.6 Å². The summed E-state index contributed by atoms with van der Waals surface area (Å²) in [5.74, 6) is -0.831. The predicted octanol–water partition coefficient (Wildman–Crippen LogP) is 1.99. The van der Waals surface area contributed by atoms with Crippen LogP contribution in [-0.2, 0) is 4.79 Å². The molecule has 0 saturated carbocycles. The van der Waals surface area contributed by atoms with Gasteiger partial charge in [-0.15, -0.1) is 0 Å². The van der Waals surface area contributed by atoms with Gasteiger partial charge in [-0.3, -0.25) is 19.4 Å². The van der Waals surface area contributed by atoms with Gasteiger partial charge in [-0.2, -0.15) is 5.26 Å². The van der Waals surface area contributed by atoms with Gasteiger partial charge in [0, 0.05) is 12.0 Å². The highest BCUT2D eigenvalue weighted by Gasteiger charge is 2.17. The minimum absolute atomic E-state index is 0.0553. The molecule has 1 aromatic heterocycles. The number of carbonyl (C=O) groups is 2. The van der Waals surface area contributed by atoms with Gasteiger partial charge >= 0.3 is 0 Å². The molecule has 0 aliphatic carbocycles. The molecule has 0 bridgehead atoms. The second kappa shape index (κ2) is 8.65. The maximum Gasteiger partial charge on any atom is 0.277 e. The molecule has 3 N–H and O–H groups in total. The Morgan fingerprint density at radius 1 is 1.28 bits per heavy atom. The Morgan fingerprint density at radius 2 is 2.00 bits per heavy atom. The van der Waals surface area contributed by atoms with Crippen LogP contribution in [0, 0.1) is 11.3 Å². The highest BCUT2D eigenvalue weighted by molar-refractivity contribution is 7.99. The minimum atomic E-state index is -0.619. The first-order chi connectivity index (χ1) is 12.0. The van der Waals surface area contributed by atoms with Crippen LogP contribution in [0.25, 0.3) is 0 Å². The molecule has 1 heterocycles. The molecule has 128 valence electrons. The summed E-state index contributed by atoms with van der Waals surface area (Å²) in [6.45, 7) is 1.65. The van der Waals surface area contributed by atoms with Crippen molar-refractivity contribution < 1.29 is 9.59 Å². The lowest BCUT2D eigenvalue weighted by molar-refractivity contribution is -0.115. The number of carbonyl (C=O) groups excluding carboxylic acids is 2. The van der Waals surface area contributed by atoms with Crippen LogP contribution in [0.2, 0.25) is 0 Å². The summed E-state index contributed by atoms with van der Waals surface area (Å²) in [4.78, 5) is 42.9. The fraction of sp³-hybridized carbons (Fsp3) is 0.188. The zero-order valence-corrected chi connectivity index (χ0v) is 14.1. The molecule has 0 aliphatic heterocycles. The van der Waals surface area contributed by atoms with Gasteiger partial charge in [0.2, 0.25) is 5.91 Å². The molecule has 0 saturated heterocycles. The van der Waals surface area contributed by atoms with Crippen LogP contribution in [0.1, 0.15) is 23.7 Å². The first kappa shape index (κ1) is 18.2. The number of hydrogen-bond acceptors (Lipinski definition) is 6. The van der Waals surface area contributed by atoms with Crippen LogP contribution >= 0.6 is 11.8 Å². The predicted molar refractivity (Wildman–Crippen MR) is 94.5 cm³/mol. The second-order valence-corrected chi connectivity index (χ2v) is 5.73. The third-order valence-electron chi connectivity index (χ3n) is 3.02. The van der Waals surface area contributed by atoms with Crippen molar-refractivity contribution in [2.75, 3.05) is 16.4 Å². The number of aromatic nitrogens is 2. The van der Waals surface area contributed by atoms with Gasteiger partial charge in [0.25, 0.3) is 11.5 Å². The number of nitriles is 1. The van der Waals surface area contributed by atoms with Crippen LogP contribution in [0.4, 0.5) is 11.5 Å². The molecular formula is C16H15N5O3S. The zero-order chi connectivity index (χ0) is 18.2. The van der Waals surface area contributed by atoms with Crippen LogP contribution in [-0.4, -0.2) is 27.5 Å². The summed E-state index contributed by atoms with van der Waals surface area (Å²) in [6.07, 6.45) is 0.182. The number of H-pyrrole nitrogens is 1. The summed E-state index contributed by atoms with van der Waals surface area (Å²) in [5.41, 5.74) is -0.416. The van der Waals surface area contributed by atoms with E-state index in [-0.39, 0.29) is 34.7 Å². The number of benzene rings is 1. The van der Waals surface area contributed by atoms with Gasteiger partial charge in [-0.05, 0) is 12.1 Å². The van der Waals surface area contributed by atoms with Crippen molar-refractivity contribution in [3.8, 4) is 6.07 Å². The fourth-order valence-electron chi connectivity index (χ4n) is 1.82. The Hall–Kier alpha value is -3.12. The molecule has 0 spiro atoms. The lowest BCUT2D eigenvalue weighted by Gasteiger charge is -2.11. The van der Waals surface area contributed by atoms with Crippen molar-refractivity contribution in [2.24, 2.45) is 0 Å². The number of rotatable bonds is 6. The van der Waals surface area contributed by atoms with E-state index in [1.54, 1.807) is 37.3 Å². The van der Waals surface area contributed by atoms with Crippen LogP contribution in [0.15, 0.2) is 40.3 Å². The van der Waals surface area contributed by atoms with Crippen molar-refractivity contribution in [3.63, 3.8) is 0 Å². The van der Waals surface area contributed by atoms with Gasteiger partial charge < -0.3 is 10.6 Å². The van der Waals surface area contributed by atoms with E-state index in [9.17, 15) is 14.4 Å². The number of thioether (sulfide) groups is 1. The molecule has 0 fully saturated rings. The summed E-state index contributed by atoms with van der Waals surface area (Å²) in [5, 5.41) is 13.8. The lowest BCUT2D eigenvalue weighted by atomic mass is 10.2. The number of amides is 2. The Bertz CT molecular complexity index is 874. The highest BCUT2D eigenvalue weighted by Crippen LogP contribution is 2.20. The number of hydrogen-bond donors (Lipinski definition) is 3. The molecule has 2 amide bonds. The number of anilines is 2. The second-order valence-electron chi connectivity index (χ2n) is 4.76. The summed E-state index contributed by atoms with van der Waals surface area (Å²) >= 11 is 1.02. The summed E-state index contributed by atoms with van der Waals surface area (Å²) < 4.78 is 0. The van der Waals surface area contributed by atoms with Crippen LogP contribution in [0.3, 0.4) is 0 Å². The Morgan fingerprint density at radius 3 is 2.64 bits per heavy atom. The number of nitrogens with zero attached hydrogens (tertiary/aromatic N) is 2. The molecule has 0 radical (unpaired) electrons. The van der Waals surface area contributed by atoms with E-state index in [1.807, 2.05) is 6.07 Å². The van der Waals surface area contributed by atoms with E-state index in [1.165, 1.54) is 0 Å². The maximum atomic E-state index is 12.3. The topological polar surface area (TPSA) is 128 Å². The Labute approximate surface area is 147 Å². The average molecular weight is 357 g/mol. The number of aromatic amines is 1. The Kier molecular flexibility index (Phi) is 6.31. The van der Waals surface area contributed by atoms with E-state index in [0.717, 1.165) is 11.8 Å². The van der Waals surface area contributed by atoms with E-state index in [4.69, 9.17) is 5.26 Å². The summed E-state index contributed by atoms with van der Waals surface area (Å²) in [6, 6.07) is 10.3. The molecular weight excluding hydrogens is 342 g/mol. The molecule has 25 heavy (non-hydrogen) atoms. The van der Waals surface area contributed by atoms with Gasteiger partial charge in [-0.25, -0.2) is 4.98 Å². The molecule has 0 atom stereocenters. The van der Waals surface area contributed by atoms with E-state index in [0.29, 0.717) is 5.56 Å². The molecule has 1 aromatic carbocycles. The monoisotopic (exact) mass is 357 g/mol. The first-order valence-electron chi connectivity index (χ1n) is 7.35. The maximum absolute atomic E-state index is 12.3. The fourth-order valence-corrected chi connectivity index (χ4v) is 2.35. The Balaban J connectivity index is 2.37. The van der Waals surface area contributed by atoms with Crippen molar-refractivity contribution in [2.45, 2.75) is 18.5 Å². The van der Waals surface area contributed by atoms with Gasteiger partial charge in [-0.1, -0.05) is 36.9 Å². The van der Waals surface area contributed by atoms with Crippen molar-refractivity contribution in [1.29, 1.82) is 5.26 Å². The summed E-state index contributed by atoms with van der Waals surface area (Å²) in [7, 11) is 0. The normalized spacial score (nSPS) is 9.92. The van der Waals surface area contributed by atoms with Crippen LogP contribution < -0.4 is 16.2 Å². The lowest BCUT2D eigenvalue weighted by Crippen LogP contribution is -2.25. The SMILES string of the molecule is CCC(=O)Nc1nc(SCC#N)[nH]c(=O)c1NC(=O)c1ccccc1. The molecule has 0 aliphatic rings. The highest BCUT2D eigenvalue weighted by atomic mass is 32.2. The van der Waals surface area contributed by atoms with Gasteiger partial charge in [0.15, 0.2) is 16.7 Å². The molecule has 9 heteroatoms. The number of nitrogens with one attached hydrogen (secondary N) is 3. The zero-order valence-electron chi connectivity index (χ0n) is 13.3. The molecule has 0 unspecified atom stereocenters. The van der Waals surface area contributed by atoms with Gasteiger partial charge in [0.1, 0.15) is 0 Å². The van der Waals surface area contributed by atoms with Crippen molar-refractivity contribution in [1.82, 2.24) is 9.97 Å². The van der Waals surface area contributed by atoms with Crippen molar-refractivity contribution in [3.05, 3.63) is 46.2 Å². The first-order valence-corrected chi connectivity index (χ1v) is 8.34. The van der Waals surface area contributed by atoms with E-state index < -0.39 is 11.5 Å². The van der Waals surface area contributed by atoms with Gasteiger partial charge in [0.05, 0.1) is 11.8 Å². The average Bonchev–Trinajstić information content (AvgIpc) is 2.63. The van der Waals surface area contributed by atoms with E-state index >= 15 is 0 Å².